The normalized spacial score (nSPS) is 13.1. The third kappa shape index (κ3) is 5.95. The second-order valence-electron chi connectivity index (χ2n) is 3.94. The Labute approximate surface area is 114 Å². The lowest BCUT2D eigenvalue weighted by atomic mass is 10.1. The fourth-order valence-corrected chi connectivity index (χ4v) is 3.06. The van der Waals surface area contributed by atoms with E-state index in [2.05, 4.69) is 4.72 Å². The number of carboxylic acids is 1. The Morgan fingerprint density at radius 1 is 1.42 bits per heavy atom. The quantitative estimate of drug-likeness (QED) is 0.748. The minimum absolute atomic E-state index is 0.0439. The summed E-state index contributed by atoms with van der Waals surface area (Å²) in [7, 11) is -4.61. The highest BCUT2D eigenvalue weighted by Gasteiger charge is 2.12. The van der Waals surface area contributed by atoms with E-state index >= 15 is 0 Å². The van der Waals surface area contributed by atoms with E-state index in [9.17, 15) is 17.4 Å². The molecule has 0 spiro atoms. The van der Waals surface area contributed by atoms with Crippen molar-refractivity contribution in [3.05, 3.63) is 35.4 Å². The predicted octanol–water partition coefficient (Wildman–Crippen LogP) is 0.183. The van der Waals surface area contributed by atoms with E-state index in [1.54, 1.807) is 6.07 Å². The average Bonchev–Trinajstić information content (AvgIpc) is 2.27. The third-order valence-electron chi connectivity index (χ3n) is 2.24. The SMILES string of the molecule is CS(=O)CCNS(=O)(=O)Cc1cccc(C(=O)O)c1. The summed E-state index contributed by atoms with van der Waals surface area (Å²) in [5.41, 5.74) is 0.437. The van der Waals surface area contributed by atoms with Crippen molar-refractivity contribution < 1.29 is 22.5 Å². The highest BCUT2D eigenvalue weighted by Crippen LogP contribution is 2.08. The average molecular weight is 305 g/mol. The van der Waals surface area contributed by atoms with Crippen LogP contribution in [-0.2, 0) is 26.6 Å². The summed E-state index contributed by atoms with van der Waals surface area (Å²) in [4.78, 5) is 10.8. The zero-order chi connectivity index (χ0) is 14.5. The Bertz CT molecular complexity index is 583. The molecule has 1 unspecified atom stereocenters. The number of nitrogens with one attached hydrogen (secondary N) is 1. The number of carboxylic acid groups (broad SMARTS) is 1. The van der Waals surface area contributed by atoms with Crippen LogP contribution in [0.2, 0.25) is 0 Å². The van der Waals surface area contributed by atoms with Crippen molar-refractivity contribution in [1.29, 1.82) is 0 Å². The van der Waals surface area contributed by atoms with Gasteiger partial charge in [0.25, 0.3) is 0 Å². The summed E-state index contributed by atoms with van der Waals surface area (Å²) in [6.45, 7) is 0.101. The number of carbonyl (C=O) groups is 1. The van der Waals surface area contributed by atoms with Crippen molar-refractivity contribution in [1.82, 2.24) is 4.72 Å². The first kappa shape index (κ1) is 15.8. The van der Waals surface area contributed by atoms with Crippen LogP contribution in [0, 0.1) is 0 Å². The van der Waals surface area contributed by atoms with Crippen molar-refractivity contribution >= 4 is 26.8 Å². The molecule has 0 fully saturated rings. The van der Waals surface area contributed by atoms with Crippen molar-refractivity contribution in [3.63, 3.8) is 0 Å². The Morgan fingerprint density at radius 3 is 2.68 bits per heavy atom. The van der Waals surface area contributed by atoms with Gasteiger partial charge in [-0.1, -0.05) is 12.1 Å². The van der Waals surface area contributed by atoms with Crippen LogP contribution >= 0.6 is 0 Å². The number of rotatable bonds is 7. The largest absolute Gasteiger partial charge is 0.478 e. The van der Waals surface area contributed by atoms with Crippen LogP contribution < -0.4 is 4.72 Å². The summed E-state index contributed by atoms with van der Waals surface area (Å²) in [5.74, 6) is -1.16. The molecule has 0 aliphatic heterocycles. The van der Waals surface area contributed by atoms with E-state index < -0.39 is 26.8 Å². The predicted molar refractivity (Wildman–Crippen MR) is 73.0 cm³/mol. The van der Waals surface area contributed by atoms with Crippen LogP contribution in [0.3, 0.4) is 0 Å². The molecule has 0 aliphatic carbocycles. The van der Waals surface area contributed by atoms with E-state index in [0.29, 0.717) is 5.56 Å². The number of benzene rings is 1. The van der Waals surface area contributed by atoms with Crippen LogP contribution in [0.25, 0.3) is 0 Å². The molecular formula is C11H15NO5S2. The molecule has 1 rings (SSSR count). The second kappa shape index (κ2) is 6.78. The summed E-state index contributed by atoms with van der Waals surface area (Å²) < 4.78 is 36.5. The molecule has 6 nitrogen and oxygen atoms in total. The minimum Gasteiger partial charge on any atom is -0.478 e. The number of sulfonamides is 1. The van der Waals surface area contributed by atoms with Crippen LogP contribution in [0.1, 0.15) is 15.9 Å². The maximum Gasteiger partial charge on any atom is 0.335 e. The van der Waals surface area contributed by atoms with Gasteiger partial charge in [-0.05, 0) is 17.7 Å². The molecule has 0 heterocycles. The molecule has 0 aromatic heterocycles. The van der Waals surface area contributed by atoms with Gasteiger partial charge in [0.1, 0.15) is 0 Å². The molecule has 1 atom stereocenters. The summed E-state index contributed by atoms with van der Waals surface area (Å²) >= 11 is 0. The van der Waals surface area contributed by atoms with Crippen molar-refractivity contribution in [2.45, 2.75) is 5.75 Å². The Morgan fingerprint density at radius 2 is 2.11 bits per heavy atom. The van der Waals surface area contributed by atoms with Gasteiger partial charge in [0.15, 0.2) is 0 Å². The van der Waals surface area contributed by atoms with Crippen LogP contribution in [0.15, 0.2) is 24.3 Å². The van der Waals surface area contributed by atoms with E-state index in [1.807, 2.05) is 0 Å². The Hall–Kier alpha value is -1.25. The van der Waals surface area contributed by atoms with Gasteiger partial charge >= 0.3 is 5.97 Å². The van der Waals surface area contributed by atoms with E-state index in [1.165, 1.54) is 24.5 Å². The minimum atomic E-state index is -3.55. The molecule has 1 aromatic rings. The first-order valence-electron chi connectivity index (χ1n) is 5.40. The fourth-order valence-electron chi connectivity index (χ4n) is 1.41. The van der Waals surface area contributed by atoms with Gasteiger partial charge in [-0.2, -0.15) is 0 Å². The smallest absolute Gasteiger partial charge is 0.335 e. The molecular weight excluding hydrogens is 290 g/mol. The first-order valence-corrected chi connectivity index (χ1v) is 8.78. The summed E-state index contributed by atoms with van der Waals surface area (Å²) in [6, 6.07) is 5.75. The van der Waals surface area contributed by atoms with Crippen molar-refractivity contribution in [2.24, 2.45) is 0 Å². The molecule has 2 N–H and O–H groups in total. The number of aromatic carboxylic acids is 1. The number of hydrogen-bond acceptors (Lipinski definition) is 4. The van der Waals surface area contributed by atoms with E-state index in [0.717, 1.165) is 0 Å². The van der Waals surface area contributed by atoms with Gasteiger partial charge < -0.3 is 5.11 Å². The molecule has 19 heavy (non-hydrogen) atoms. The van der Waals surface area contributed by atoms with E-state index in [-0.39, 0.29) is 23.6 Å². The highest BCUT2D eigenvalue weighted by atomic mass is 32.2. The monoisotopic (exact) mass is 305 g/mol. The molecule has 0 amide bonds. The first-order chi connectivity index (χ1) is 8.80. The van der Waals surface area contributed by atoms with Gasteiger partial charge in [-0.15, -0.1) is 0 Å². The maximum absolute atomic E-state index is 11.7. The Balaban J connectivity index is 2.70. The lowest BCUT2D eigenvalue weighted by Crippen LogP contribution is -2.28. The Kier molecular flexibility index (Phi) is 5.64. The van der Waals surface area contributed by atoms with Gasteiger partial charge in [0.2, 0.25) is 10.0 Å². The van der Waals surface area contributed by atoms with E-state index in [4.69, 9.17) is 5.11 Å². The molecule has 0 aliphatic rings. The van der Waals surface area contributed by atoms with Crippen molar-refractivity contribution in [3.8, 4) is 0 Å². The zero-order valence-electron chi connectivity index (χ0n) is 10.3. The fraction of sp³-hybridized carbons (Fsp3) is 0.364. The lowest BCUT2D eigenvalue weighted by Gasteiger charge is -2.06. The summed E-state index contributed by atoms with van der Waals surface area (Å²) in [5, 5.41) is 8.81. The van der Waals surface area contributed by atoms with Crippen LogP contribution in [0.4, 0.5) is 0 Å². The molecule has 1 aromatic carbocycles. The number of hydrogen-bond donors (Lipinski definition) is 2. The topological polar surface area (TPSA) is 101 Å². The van der Waals surface area contributed by atoms with Gasteiger partial charge in [0, 0.05) is 29.4 Å². The van der Waals surface area contributed by atoms with Gasteiger partial charge in [0.05, 0.1) is 11.3 Å². The van der Waals surface area contributed by atoms with Gasteiger partial charge in [-0.25, -0.2) is 17.9 Å². The molecule has 106 valence electrons. The standard InChI is InChI=1S/C11H15NO5S2/c1-18(15)6-5-12-19(16,17)8-9-3-2-4-10(7-9)11(13)14/h2-4,7,12H,5-6,8H2,1H3,(H,13,14). The molecule has 0 saturated heterocycles. The maximum atomic E-state index is 11.7. The molecule has 8 heteroatoms. The molecule has 0 saturated carbocycles. The summed E-state index contributed by atoms with van der Waals surface area (Å²) in [6.07, 6.45) is 1.49. The van der Waals surface area contributed by atoms with Crippen molar-refractivity contribution in [2.75, 3.05) is 18.6 Å². The third-order valence-corrected chi connectivity index (χ3v) is 4.38. The second-order valence-corrected chi connectivity index (χ2v) is 7.30. The zero-order valence-corrected chi connectivity index (χ0v) is 12.0. The highest BCUT2D eigenvalue weighted by molar-refractivity contribution is 7.88. The van der Waals surface area contributed by atoms with Crippen LogP contribution in [-0.4, -0.2) is 42.3 Å². The lowest BCUT2D eigenvalue weighted by molar-refractivity contribution is 0.0696. The van der Waals surface area contributed by atoms with Gasteiger partial charge in [-0.3, -0.25) is 4.21 Å². The molecule has 0 bridgehead atoms. The van der Waals surface area contributed by atoms with Crippen LogP contribution in [0.5, 0.6) is 0 Å². The molecule has 0 radical (unpaired) electrons.